The van der Waals surface area contributed by atoms with Crippen molar-refractivity contribution in [2.75, 3.05) is 6.54 Å². The monoisotopic (exact) mass is 225 g/mol. The third kappa shape index (κ3) is 3.48. The molecule has 0 bridgehead atoms. The molecule has 0 spiro atoms. The van der Waals surface area contributed by atoms with E-state index >= 15 is 0 Å². The largest absolute Gasteiger partial charge is 0.330 e. The van der Waals surface area contributed by atoms with E-state index in [-0.39, 0.29) is 0 Å². The molecule has 1 rings (SSSR count). The highest BCUT2D eigenvalue weighted by molar-refractivity contribution is 4.89. The first-order valence-corrected chi connectivity index (χ1v) is 7.49. The first-order valence-electron chi connectivity index (χ1n) is 7.49. The molecule has 0 radical (unpaired) electrons. The van der Waals surface area contributed by atoms with E-state index < -0.39 is 0 Å². The summed E-state index contributed by atoms with van der Waals surface area (Å²) in [5.74, 6) is 0.950. The van der Waals surface area contributed by atoms with E-state index in [9.17, 15) is 0 Å². The standard InChI is InChI=1S/C15H31N/c1-3-8-14(9-4-2)15(12-13-16)10-6-5-7-11-15/h14H,3-13,16H2,1-2H3. The van der Waals surface area contributed by atoms with Crippen molar-refractivity contribution in [2.45, 2.75) is 78.1 Å². The number of nitrogens with two attached hydrogens (primary N) is 1. The van der Waals surface area contributed by atoms with Crippen LogP contribution >= 0.6 is 0 Å². The minimum Gasteiger partial charge on any atom is -0.330 e. The van der Waals surface area contributed by atoms with Crippen LogP contribution in [0.3, 0.4) is 0 Å². The van der Waals surface area contributed by atoms with E-state index in [1.165, 1.54) is 64.2 Å². The minimum absolute atomic E-state index is 0.624. The molecule has 1 aliphatic rings. The molecule has 0 aromatic heterocycles. The van der Waals surface area contributed by atoms with Gasteiger partial charge in [0.05, 0.1) is 0 Å². The maximum absolute atomic E-state index is 5.87. The summed E-state index contributed by atoms with van der Waals surface area (Å²) in [7, 11) is 0. The Morgan fingerprint density at radius 2 is 1.56 bits per heavy atom. The molecule has 1 nitrogen and oxygen atoms in total. The van der Waals surface area contributed by atoms with Crippen LogP contribution in [0.1, 0.15) is 78.1 Å². The Kier molecular flexibility index (Phi) is 6.41. The number of hydrogen-bond donors (Lipinski definition) is 1. The average Bonchev–Trinajstić information content (AvgIpc) is 2.30. The van der Waals surface area contributed by atoms with Gasteiger partial charge in [0, 0.05) is 0 Å². The van der Waals surface area contributed by atoms with E-state index in [2.05, 4.69) is 13.8 Å². The first kappa shape index (κ1) is 14.0. The third-order valence-electron chi connectivity index (χ3n) is 4.63. The van der Waals surface area contributed by atoms with Crippen LogP contribution in [-0.4, -0.2) is 6.54 Å². The van der Waals surface area contributed by atoms with Gasteiger partial charge in [-0.2, -0.15) is 0 Å². The molecule has 2 N–H and O–H groups in total. The van der Waals surface area contributed by atoms with Gasteiger partial charge in [0.1, 0.15) is 0 Å². The van der Waals surface area contributed by atoms with Crippen molar-refractivity contribution in [3.8, 4) is 0 Å². The molecule has 0 aromatic rings. The smallest absolute Gasteiger partial charge is 0.00719 e. The highest BCUT2D eigenvalue weighted by atomic mass is 14.6. The summed E-state index contributed by atoms with van der Waals surface area (Å²) in [4.78, 5) is 0. The van der Waals surface area contributed by atoms with E-state index in [1.54, 1.807) is 0 Å². The molecule has 0 atom stereocenters. The predicted octanol–water partition coefficient (Wildman–Crippen LogP) is 4.50. The molecule has 96 valence electrons. The second-order valence-corrected chi connectivity index (χ2v) is 5.74. The third-order valence-corrected chi connectivity index (χ3v) is 4.63. The van der Waals surface area contributed by atoms with Crippen molar-refractivity contribution in [1.82, 2.24) is 0 Å². The second kappa shape index (κ2) is 7.32. The molecular formula is C15H31N. The lowest BCUT2D eigenvalue weighted by Gasteiger charge is -2.44. The topological polar surface area (TPSA) is 26.0 Å². The lowest BCUT2D eigenvalue weighted by molar-refractivity contribution is 0.0727. The van der Waals surface area contributed by atoms with Gasteiger partial charge in [-0.05, 0) is 37.1 Å². The number of hydrogen-bond acceptors (Lipinski definition) is 1. The number of rotatable bonds is 7. The summed E-state index contributed by atoms with van der Waals surface area (Å²) in [6, 6.07) is 0. The van der Waals surface area contributed by atoms with Gasteiger partial charge in [-0.15, -0.1) is 0 Å². The predicted molar refractivity (Wildman–Crippen MR) is 72.5 cm³/mol. The first-order chi connectivity index (χ1) is 7.79. The van der Waals surface area contributed by atoms with Gasteiger partial charge in [0.2, 0.25) is 0 Å². The Bertz CT molecular complexity index is 159. The molecule has 0 aliphatic heterocycles. The summed E-state index contributed by atoms with van der Waals surface area (Å²) in [6.07, 6.45) is 14.1. The van der Waals surface area contributed by atoms with Crippen LogP contribution in [0.2, 0.25) is 0 Å². The molecule has 0 heterocycles. The van der Waals surface area contributed by atoms with Gasteiger partial charge in [-0.1, -0.05) is 58.8 Å². The van der Waals surface area contributed by atoms with Crippen molar-refractivity contribution < 1.29 is 0 Å². The van der Waals surface area contributed by atoms with E-state index in [1.807, 2.05) is 0 Å². The summed E-state index contributed by atoms with van der Waals surface area (Å²) in [5.41, 5.74) is 6.50. The summed E-state index contributed by atoms with van der Waals surface area (Å²) < 4.78 is 0. The molecule has 0 unspecified atom stereocenters. The quantitative estimate of drug-likeness (QED) is 0.678. The molecule has 1 heteroatoms. The van der Waals surface area contributed by atoms with Crippen molar-refractivity contribution in [3.05, 3.63) is 0 Å². The van der Waals surface area contributed by atoms with Gasteiger partial charge in [0.15, 0.2) is 0 Å². The van der Waals surface area contributed by atoms with Crippen LogP contribution in [0.4, 0.5) is 0 Å². The maximum Gasteiger partial charge on any atom is -0.00719 e. The molecular weight excluding hydrogens is 194 g/mol. The zero-order valence-electron chi connectivity index (χ0n) is 11.4. The lowest BCUT2D eigenvalue weighted by Crippen LogP contribution is -2.35. The van der Waals surface area contributed by atoms with Gasteiger partial charge in [0.25, 0.3) is 0 Å². The Labute approximate surface area is 102 Å². The summed E-state index contributed by atoms with van der Waals surface area (Å²) in [5, 5.41) is 0. The van der Waals surface area contributed by atoms with Crippen LogP contribution in [0.25, 0.3) is 0 Å². The van der Waals surface area contributed by atoms with Crippen LogP contribution in [-0.2, 0) is 0 Å². The van der Waals surface area contributed by atoms with Crippen molar-refractivity contribution in [1.29, 1.82) is 0 Å². The van der Waals surface area contributed by atoms with Crippen LogP contribution in [0.15, 0.2) is 0 Å². The average molecular weight is 225 g/mol. The highest BCUT2D eigenvalue weighted by Crippen LogP contribution is 2.48. The summed E-state index contributed by atoms with van der Waals surface area (Å²) in [6.45, 7) is 5.56. The van der Waals surface area contributed by atoms with E-state index in [0.29, 0.717) is 5.41 Å². The zero-order chi connectivity index (χ0) is 11.9. The molecule has 1 fully saturated rings. The highest BCUT2D eigenvalue weighted by Gasteiger charge is 2.37. The van der Waals surface area contributed by atoms with Gasteiger partial charge in [-0.3, -0.25) is 0 Å². The SMILES string of the molecule is CCCC(CCC)C1(CCN)CCCCC1. The van der Waals surface area contributed by atoms with E-state index in [4.69, 9.17) is 5.73 Å². The lowest BCUT2D eigenvalue weighted by atomic mass is 9.61. The second-order valence-electron chi connectivity index (χ2n) is 5.74. The van der Waals surface area contributed by atoms with Crippen LogP contribution < -0.4 is 5.73 Å². The van der Waals surface area contributed by atoms with E-state index in [0.717, 1.165) is 12.5 Å². The van der Waals surface area contributed by atoms with Crippen molar-refractivity contribution >= 4 is 0 Å². The molecule has 0 saturated heterocycles. The minimum atomic E-state index is 0.624. The van der Waals surface area contributed by atoms with Gasteiger partial charge < -0.3 is 5.73 Å². The molecule has 0 aromatic carbocycles. The Hall–Kier alpha value is -0.0400. The Morgan fingerprint density at radius 1 is 1.00 bits per heavy atom. The fourth-order valence-electron chi connectivity index (χ4n) is 3.86. The molecule has 1 saturated carbocycles. The van der Waals surface area contributed by atoms with Crippen molar-refractivity contribution in [3.63, 3.8) is 0 Å². The van der Waals surface area contributed by atoms with Crippen LogP contribution in [0.5, 0.6) is 0 Å². The van der Waals surface area contributed by atoms with Gasteiger partial charge in [-0.25, -0.2) is 0 Å². The molecule has 1 aliphatic carbocycles. The Morgan fingerprint density at radius 3 is 2.00 bits per heavy atom. The van der Waals surface area contributed by atoms with Crippen LogP contribution in [0, 0.1) is 11.3 Å². The molecule has 16 heavy (non-hydrogen) atoms. The van der Waals surface area contributed by atoms with Crippen molar-refractivity contribution in [2.24, 2.45) is 17.1 Å². The van der Waals surface area contributed by atoms with Gasteiger partial charge >= 0.3 is 0 Å². The molecule has 0 amide bonds. The fourth-order valence-corrected chi connectivity index (χ4v) is 3.86. The fraction of sp³-hybridized carbons (Fsp3) is 1.00. The normalized spacial score (nSPS) is 20.2. The summed E-state index contributed by atoms with van der Waals surface area (Å²) >= 11 is 0. The Balaban J connectivity index is 2.69. The zero-order valence-corrected chi connectivity index (χ0v) is 11.4. The maximum atomic E-state index is 5.87.